The molecule has 3 heterocycles. The lowest BCUT2D eigenvalue weighted by Crippen LogP contribution is -2.37. The van der Waals surface area contributed by atoms with Gasteiger partial charge in [-0.3, -0.25) is 4.90 Å². The number of ether oxygens (including phenoxy) is 3. The van der Waals surface area contributed by atoms with Crippen LogP contribution in [0.15, 0.2) is 24.0 Å². The number of aliphatic hydroxyl groups excluding tert-OH is 1. The number of benzene rings is 1. The Morgan fingerprint density at radius 2 is 2.00 bits per heavy atom. The lowest BCUT2D eigenvalue weighted by Gasteiger charge is -2.42. The first kappa shape index (κ1) is 15.5. The van der Waals surface area contributed by atoms with Crippen molar-refractivity contribution < 1.29 is 19.3 Å². The van der Waals surface area contributed by atoms with Gasteiger partial charge in [0.05, 0.1) is 31.9 Å². The van der Waals surface area contributed by atoms with Crippen molar-refractivity contribution in [1.82, 2.24) is 4.90 Å². The maximum Gasteiger partial charge on any atom is 0.172 e. The first-order valence-electron chi connectivity index (χ1n) is 8.38. The van der Waals surface area contributed by atoms with Gasteiger partial charge >= 0.3 is 0 Å². The number of fused-ring (bicyclic) bond motifs is 4. The van der Waals surface area contributed by atoms with Crippen molar-refractivity contribution in [3.8, 4) is 11.5 Å². The molecule has 4 rings (SSSR count). The number of hydrogen-bond donors (Lipinski definition) is 1. The predicted octanol–water partition coefficient (Wildman–Crippen LogP) is 2.64. The summed E-state index contributed by atoms with van der Waals surface area (Å²) in [5.74, 6) is 3.10. The first-order chi connectivity index (χ1) is 11.6. The van der Waals surface area contributed by atoms with E-state index in [1.807, 2.05) is 12.2 Å². The summed E-state index contributed by atoms with van der Waals surface area (Å²) < 4.78 is 17.5. The van der Waals surface area contributed by atoms with E-state index in [0.717, 1.165) is 35.8 Å². The van der Waals surface area contributed by atoms with Crippen LogP contribution in [0.25, 0.3) is 5.76 Å². The van der Waals surface area contributed by atoms with Crippen LogP contribution in [0.1, 0.15) is 35.6 Å². The molecule has 1 aromatic rings. The van der Waals surface area contributed by atoms with Gasteiger partial charge in [-0.2, -0.15) is 0 Å². The largest absolute Gasteiger partial charge is 0.493 e. The summed E-state index contributed by atoms with van der Waals surface area (Å²) in [4.78, 5) is 2.30. The first-order valence-corrected chi connectivity index (χ1v) is 8.38. The quantitative estimate of drug-likeness (QED) is 0.904. The Morgan fingerprint density at radius 1 is 1.21 bits per heavy atom. The molecule has 1 aromatic carbocycles. The Hall–Kier alpha value is -1.98. The van der Waals surface area contributed by atoms with E-state index in [1.165, 1.54) is 11.1 Å². The van der Waals surface area contributed by atoms with E-state index in [9.17, 15) is 5.11 Å². The van der Waals surface area contributed by atoms with Gasteiger partial charge < -0.3 is 19.3 Å². The Labute approximate surface area is 142 Å². The van der Waals surface area contributed by atoms with Crippen molar-refractivity contribution in [3.63, 3.8) is 0 Å². The predicted molar refractivity (Wildman–Crippen MR) is 91.0 cm³/mol. The molecule has 0 fully saturated rings. The molecule has 5 heteroatoms. The van der Waals surface area contributed by atoms with Crippen LogP contribution >= 0.6 is 0 Å². The zero-order valence-electron chi connectivity index (χ0n) is 14.3. The molecule has 0 amide bonds. The zero-order valence-corrected chi connectivity index (χ0v) is 14.3. The summed E-state index contributed by atoms with van der Waals surface area (Å²) in [5.41, 5.74) is 3.50. The fourth-order valence-electron chi connectivity index (χ4n) is 3.95. The summed E-state index contributed by atoms with van der Waals surface area (Å²) in [6.45, 7) is 0.953. The van der Waals surface area contributed by atoms with Gasteiger partial charge in [0.25, 0.3) is 0 Å². The van der Waals surface area contributed by atoms with E-state index in [1.54, 1.807) is 14.2 Å². The molecule has 3 aliphatic rings. The van der Waals surface area contributed by atoms with E-state index in [4.69, 9.17) is 14.2 Å². The second-order valence-electron chi connectivity index (χ2n) is 6.60. The van der Waals surface area contributed by atoms with Crippen LogP contribution in [0, 0.1) is 0 Å². The number of hydrogen-bond acceptors (Lipinski definition) is 5. The normalized spacial score (nSPS) is 25.5. The smallest absolute Gasteiger partial charge is 0.172 e. The molecule has 0 aromatic heterocycles. The molecule has 0 saturated heterocycles. The molecule has 0 spiro atoms. The van der Waals surface area contributed by atoms with Crippen LogP contribution < -0.4 is 9.47 Å². The molecule has 0 saturated carbocycles. The number of nitrogens with zero attached hydrogens (tertiary/aromatic N) is 1. The van der Waals surface area contributed by atoms with Crippen LogP contribution in [-0.2, 0) is 11.2 Å². The fraction of sp³-hybridized carbons (Fsp3) is 0.474. The Balaban J connectivity index is 2.03. The van der Waals surface area contributed by atoms with Crippen molar-refractivity contribution in [2.45, 2.75) is 31.4 Å². The topological polar surface area (TPSA) is 51.2 Å². The highest BCUT2D eigenvalue weighted by Crippen LogP contribution is 2.52. The third-order valence-corrected chi connectivity index (χ3v) is 5.15. The molecule has 24 heavy (non-hydrogen) atoms. The second kappa shape index (κ2) is 5.83. The zero-order chi connectivity index (χ0) is 16.8. The maximum absolute atomic E-state index is 10.1. The molecule has 2 unspecified atom stereocenters. The molecule has 2 atom stereocenters. The Bertz CT molecular complexity index is 737. The van der Waals surface area contributed by atoms with Gasteiger partial charge in [0.1, 0.15) is 11.5 Å². The highest BCUT2D eigenvalue weighted by Gasteiger charge is 2.40. The van der Waals surface area contributed by atoms with Crippen LogP contribution in [0.4, 0.5) is 0 Å². The average molecular weight is 329 g/mol. The number of aliphatic hydroxyl groups is 1. The summed E-state index contributed by atoms with van der Waals surface area (Å²) >= 11 is 0. The van der Waals surface area contributed by atoms with Gasteiger partial charge in [-0.05, 0) is 55.7 Å². The van der Waals surface area contributed by atoms with Crippen molar-refractivity contribution in [1.29, 1.82) is 0 Å². The van der Waals surface area contributed by atoms with Crippen LogP contribution in [0.3, 0.4) is 0 Å². The van der Waals surface area contributed by atoms with Gasteiger partial charge in [-0.25, -0.2) is 0 Å². The molecule has 2 bridgehead atoms. The van der Waals surface area contributed by atoms with Crippen molar-refractivity contribution >= 4 is 5.76 Å². The summed E-state index contributed by atoms with van der Waals surface area (Å²) in [6, 6.07) is 2.16. The second-order valence-corrected chi connectivity index (χ2v) is 6.60. The van der Waals surface area contributed by atoms with Gasteiger partial charge in [-0.15, -0.1) is 0 Å². The van der Waals surface area contributed by atoms with Crippen molar-refractivity contribution in [2.75, 3.05) is 27.8 Å². The average Bonchev–Trinajstić information content (AvgIpc) is 2.59. The number of rotatable bonds is 2. The number of likely N-dealkylation sites (N-methyl/N-ethyl adjacent to an activating group) is 1. The molecule has 1 N–H and O–H groups in total. The lowest BCUT2D eigenvalue weighted by molar-refractivity contribution is 0.159. The fourth-order valence-corrected chi connectivity index (χ4v) is 3.95. The van der Waals surface area contributed by atoms with Crippen molar-refractivity contribution in [2.24, 2.45) is 0 Å². The monoisotopic (exact) mass is 329 g/mol. The Morgan fingerprint density at radius 3 is 2.75 bits per heavy atom. The molecule has 0 aliphatic carbocycles. The molecule has 5 nitrogen and oxygen atoms in total. The lowest BCUT2D eigenvalue weighted by atomic mass is 9.83. The number of methoxy groups -OCH3 is 2. The molecule has 3 aliphatic heterocycles. The minimum Gasteiger partial charge on any atom is -0.493 e. The summed E-state index contributed by atoms with van der Waals surface area (Å²) in [7, 11) is 5.43. The Kier molecular flexibility index (Phi) is 3.77. The van der Waals surface area contributed by atoms with E-state index in [-0.39, 0.29) is 12.1 Å². The molecular weight excluding hydrogens is 306 g/mol. The van der Waals surface area contributed by atoms with Gasteiger partial charge in [-0.1, -0.05) is 0 Å². The highest BCUT2D eigenvalue weighted by molar-refractivity contribution is 5.77. The van der Waals surface area contributed by atoms with E-state index in [0.29, 0.717) is 18.6 Å². The summed E-state index contributed by atoms with van der Waals surface area (Å²) in [6.07, 6.45) is 5.77. The molecule has 128 valence electrons. The van der Waals surface area contributed by atoms with E-state index < -0.39 is 0 Å². The maximum atomic E-state index is 10.1. The van der Waals surface area contributed by atoms with Crippen molar-refractivity contribution in [3.05, 3.63) is 40.7 Å². The standard InChI is InChI=1S/C19H23NO4/c1-20-9-8-11-10-15(22-2)19(23-3)17-13-6-4-12(21)5-7-14(24-13)18(20)16(11)17/h6-7,10,12,18,21H,4-5,8-9H2,1-3H3. The van der Waals surface area contributed by atoms with E-state index in [2.05, 4.69) is 18.0 Å². The minimum absolute atomic E-state index is 0.0611. The van der Waals surface area contributed by atoms with Crippen LogP contribution in [-0.4, -0.2) is 43.9 Å². The van der Waals surface area contributed by atoms with Gasteiger partial charge in [0.15, 0.2) is 11.5 Å². The third-order valence-electron chi connectivity index (χ3n) is 5.15. The third kappa shape index (κ3) is 2.23. The van der Waals surface area contributed by atoms with E-state index >= 15 is 0 Å². The van der Waals surface area contributed by atoms with Crippen LogP contribution in [0.2, 0.25) is 0 Å². The highest BCUT2D eigenvalue weighted by atomic mass is 16.5. The van der Waals surface area contributed by atoms with Gasteiger partial charge in [0, 0.05) is 6.54 Å². The SMILES string of the molecule is COc1cc2c3c(c1OC)C1=CCC(O)CC=C(O1)C3N(C)CC2. The molecular formula is C19H23NO4. The van der Waals surface area contributed by atoms with Crippen LogP contribution in [0.5, 0.6) is 11.5 Å². The van der Waals surface area contributed by atoms with Gasteiger partial charge in [0.2, 0.25) is 0 Å². The molecule has 0 radical (unpaired) electrons. The summed E-state index contributed by atoms with van der Waals surface area (Å²) in [5, 5.41) is 10.1. The minimum atomic E-state index is -0.384.